The van der Waals surface area contributed by atoms with E-state index in [1.807, 2.05) is 0 Å². The summed E-state index contributed by atoms with van der Waals surface area (Å²) in [5.41, 5.74) is 7.45. The van der Waals surface area contributed by atoms with Crippen LogP contribution in [0.3, 0.4) is 0 Å². The second kappa shape index (κ2) is 3.30. The second-order valence-electron chi connectivity index (χ2n) is 3.50. The molecule has 1 saturated carbocycles. The zero-order valence-electron chi connectivity index (χ0n) is 7.51. The lowest BCUT2D eigenvalue weighted by atomic mass is 10.1. The van der Waals surface area contributed by atoms with Crippen LogP contribution < -0.4 is 5.73 Å². The van der Waals surface area contributed by atoms with Gasteiger partial charge in [-0.25, -0.2) is 0 Å². The van der Waals surface area contributed by atoms with E-state index < -0.39 is 0 Å². The van der Waals surface area contributed by atoms with E-state index in [0.29, 0.717) is 0 Å². The number of halogens is 1. The molecule has 1 aliphatic rings. The molecule has 0 bridgehead atoms. The molecular formula is C10H12BrNS. The SMILES string of the molecule is CSc1ccc(Br)cc1C1(N)CC1. The molecule has 0 saturated heterocycles. The first-order valence-corrected chi connectivity index (χ1v) is 6.30. The smallest absolute Gasteiger partial charge is 0.0422 e. The minimum Gasteiger partial charge on any atom is -0.321 e. The molecule has 70 valence electrons. The molecule has 1 aromatic carbocycles. The van der Waals surface area contributed by atoms with Gasteiger partial charge < -0.3 is 5.73 Å². The van der Waals surface area contributed by atoms with E-state index in [0.717, 1.165) is 17.3 Å². The molecule has 2 rings (SSSR count). The lowest BCUT2D eigenvalue weighted by molar-refractivity contribution is 0.721. The van der Waals surface area contributed by atoms with Crippen molar-refractivity contribution in [1.82, 2.24) is 0 Å². The third-order valence-electron chi connectivity index (χ3n) is 2.49. The fourth-order valence-corrected chi connectivity index (χ4v) is 2.52. The first-order valence-electron chi connectivity index (χ1n) is 4.29. The van der Waals surface area contributed by atoms with E-state index in [1.54, 1.807) is 11.8 Å². The van der Waals surface area contributed by atoms with E-state index in [9.17, 15) is 0 Å². The van der Waals surface area contributed by atoms with Gasteiger partial charge in [0.2, 0.25) is 0 Å². The molecule has 0 radical (unpaired) electrons. The van der Waals surface area contributed by atoms with Gasteiger partial charge >= 0.3 is 0 Å². The van der Waals surface area contributed by atoms with Crippen LogP contribution in [0.4, 0.5) is 0 Å². The minimum absolute atomic E-state index is 0.0257. The Morgan fingerprint density at radius 1 is 1.46 bits per heavy atom. The Labute approximate surface area is 91.2 Å². The summed E-state index contributed by atoms with van der Waals surface area (Å²) in [6, 6.07) is 6.36. The highest BCUT2D eigenvalue weighted by Gasteiger charge is 2.41. The van der Waals surface area contributed by atoms with Gasteiger partial charge in [0.25, 0.3) is 0 Å². The van der Waals surface area contributed by atoms with E-state index in [2.05, 4.69) is 40.4 Å². The first kappa shape index (κ1) is 9.56. The zero-order chi connectivity index (χ0) is 9.47. The zero-order valence-corrected chi connectivity index (χ0v) is 9.91. The minimum atomic E-state index is -0.0257. The molecule has 3 heteroatoms. The summed E-state index contributed by atoms with van der Waals surface area (Å²) < 4.78 is 1.12. The van der Waals surface area contributed by atoms with Gasteiger partial charge in [0.05, 0.1) is 0 Å². The third kappa shape index (κ3) is 1.78. The van der Waals surface area contributed by atoms with E-state index >= 15 is 0 Å². The molecule has 13 heavy (non-hydrogen) atoms. The molecule has 0 aliphatic heterocycles. The molecule has 0 heterocycles. The molecule has 0 aromatic heterocycles. The van der Waals surface area contributed by atoms with Crippen molar-refractivity contribution in [3.8, 4) is 0 Å². The summed E-state index contributed by atoms with van der Waals surface area (Å²) in [6.07, 6.45) is 4.34. The second-order valence-corrected chi connectivity index (χ2v) is 5.26. The monoisotopic (exact) mass is 257 g/mol. The number of rotatable bonds is 2. The van der Waals surface area contributed by atoms with Crippen molar-refractivity contribution >= 4 is 27.7 Å². The Morgan fingerprint density at radius 3 is 2.69 bits per heavy atom. The number of nitrogens with two attached hydrogens (primary N) is 1. The Balaban J connectivity index is 2.47. The summed E-state index contributed by atoms with van der Waals surface area (Å²) >= 11 is 5.25. The van der Waals surface area contributed by atoms with Crippen molar-refractivity contribution in [3.05, 3.63) is 28.2 Å². The van der Waals surface area contributed by atoms with Crippen LogP contribution in [0.1, 0.15) is 18.4 Å². The maximum absolute atomic E-state index is 6.18. The molecule has 0 unspecified atom stereocenters. The summed E-state index contributed by atoms with van der Waals surface area (Å²) in [5.74, 6) is 0. The fourth-order valence-electron chi connectivity index (χ4n) is 1.47. The molecule has 1 aliphatic carbocycles. The Morgan fingerprint density at radius 2 is 2.15 bits per heavy atom. The van der Waals surface area contributed by atoms with E-state index in [4.69, 9.17) is 5.73 Å². The molecule has 0 spiro atoms. The summed E-state index contributed by atoms with van der Waals surface area (Å²) in [5, 5.41) is 0. The van der Waals surface area contributed by atoms with E-state index in [-0.39, 0.29) is 5.54 Å². The van der Waals surface area contributed by atoms with Gasteiger partial charge in [-0.3, -0.25) is 0 Å². The van der Waals surface area contributed by atoms with Gasteiger partial charge in [0, 0.05) is 14.9 Å². The molecule has 1 fully saturated rings. The van der Waals surface area contributed by atoms with Crippen LogP contribution in [-0.4, -0.2) is 6.26 Å². The molecule has 1 aromatic rings. The van der Waals surface area contributed by atoms with Crippen LogP contribution in [0.2, 0.25) is 0 Å². The summed E-state index contributed by atoms with van der Waals surface area (Å²) in [7, 11) is 0. The Bertz CT molecular complexity index is 334. The van der Waals surface area contributed by atoms with Crippen molar-refractivity contribution in [1.29, 1.82) is 0 Å². The third-order valence-corrected chi connectivity index (χ3v) is 3.78. The molecular weight excluding hydrogens is 246 g/mol. The van der Waals surface area contributed by atoms with Gasteiger partial charge in [0.15, 0.2) is 0 Å². The highest BCUT2D eigenvalue weighted by Crippen LogP contribution is 2.46. The Kier molecular flexibility index (Phi) is 2.43. The van der Waals surface area contributed by atoms with Crippen molar-refractivity contribution in [3.63, 3.8) is 0 Å². The first-order chi connectivity index (χ1) is 6.15. The highest BCUT2D eigenvalue weighted by molar-refractivity contribution is 9.10. The van der Waals surface area contributed by atoms with Crippen LogP contribution in [0, 0.1) is 0 Å². The summed E-state index contributed by atoms with van der Waals surface area (Å²) in [6.45, 7) is 0. The maximum Gasteiger partial charge on any atom is 0.0422 e. The number of benzene rings is 1. The van der Waals surface area contributed by atoms with Crippen LogP contribution in [0.15, 0.2) is 27.6 Å². The highest BCUT2D eigenvalue weighted by atomic mass is 79.9. The number of hydrogen-bond donors (Lipinski definition) is 1. The van der Waals surface area contributed by atoms with Crippen molar-refractivity contribution < 1.29 is 0 Å². The summed E-state index contributed by atoms with van der Waals surface area (Å²) in [4.78, 5) is 1.31. The van der Waals surface area contributed by atoms with Gasteiger partial charge in [-0.05, 0) is 42.9 Å². The lowest BCUT2D eigenvalue weighted by Crippen LogP contribution is -2.19. The predicted octanol–water partition coefficient (Wildman–Crippen LogP) is 3.12. The van der Waals surface area contributed by atoms with Gasteiger partial charge in [0.1, 0.15) is 0 Å². The normalized spacial score (nSPS) is 18.7. The topological polar surface area (TPSA) is 26.0 Å². The quantitative estimate of drug-likeness (QED) is 0.825. The fraction of sp³-hybridized carbons (Fsp3) is 0.400. The van der Waals surface area contributed by atoms with Crippen molar-refractivity contribution in [2.24, 2.45) is 5.73 Å². The molecule has 2 N–H and O–H groups in total. The van der Waals surface area contributed by atoms with Gasteiger partial charge in [-0.1, -0.05) is 15.9 Å². The molecule has 0 amide bonds. The van der Waals surface area contributed by atoms with E-state index in [1.165, 1.54) is 10.5 Å². The number of hydrogen-bond acceptors (Lipinski definition) is 2. The largest absolute Gasteiger partial charge is 0.321 e. The van der Waals surface area contributed by atoms with Crippen molar-refractivity contribution in [2.75, 3.05) is 6.26 Å². The predicted molar refractivity (Wildman–Crippen MR) is 61.0 cm³/mol. The van der Waals surface area contributed by atoms with Gasteiger partial charge in [-0.2, -0.15) is 0 Å². The van der Waals surface area contributed by atoms with Gasteiger partial charge in [-0.15, -0.1) is 11.8 Å². The standard InChI is InChI=1S/C10H12BrNS/c1-13-9-3-2-7(11)6-8(9)10(12)4-5-10/h2-3,6H,4-5,12H2,1H3. The maximum atomic E-state index is 6.18. The molecule has 0 atom stereocenters. The average Bonchev–Trinajstić information content (AvgIpc) is 2.85. The average molecular weight is 258 g/mol. The number of thioether (sulfide) groups is 1. The van der Waals surface area contributed by atoms with Crippen LogP contribution in [0.25, 0.3) is 0 Å². The van der Waals surface area contributed by atoms with Crippen LogP contribution >= 0.6 is 27.7 Å². The van der Waals surface area contributed by atoms with Crippen LogP contribution in [-0.2, 0) is 5.54 Å². The lowest BCUT2D eigenvalue weighted by Gasteiger charge is -2.13. The van der Waals surface area contributed by atoms with Crippen LogP contribution in [0.5, 0.6) is 0 Å². The molecule has 1 nitrogen and oxygen atoms in total. The van der Waals surface area contributed by atoms with Crippen molar-refractivity contribution in [2.45, 2.75) is 23.3 Å². The Hall–Kier alpha value is 0.01000.